The molecule has 0 amide bonds. The largest absolute Gasteiger partial charge is 0.457 e. The Hall–Kier alpha value is -2.06. The first-order chi connectivity index (χ1) is 9.78. The van der Waals surface area contributed by atoms with E-state index in [2.05, 4.69) is 37.4 Å². The molecule has 2 heteroatoms. The standard InChI is InChI=1S/C18H21NO/c1-3-19-14-15(2)12-16-8-7-11-18(13-16)20-17-9-5-4-6-10-17/h4-13,19H,3,14H2,1-2H3. The van der Waals surface area contributed by atoms with Gasteiger partial charge >= 0.3 is 0 Å². The van der Waals surface area contributed by atoms with Gasteiger partial charge < -0.3 is 10.1 Å². The van der Waals surface area contributed by atoms with Crippen molar-refractivity contribution in [2.45, 2.75) is 13.8 Å². The van der Waals surface area contributed by atoms with Gasteiger partial charge in [-0.15, -0.1) is 0 Å². The van der Waals surface area contributed by atoms with Crippen LogP contribution in [-0.4, -0.2) is 13.1 Å². The van der Waals surface area contributed by atoms with Crippen molar-refractivity contribution in [3.05, 3.63) is 65.7 Å². The molecular weight excluding hydrogens is 246 g/mol. The fraction of sp³-hybridized carbons (Fsp3) is 0.222. The third kappa shape index (κ3) is 4.56. The van der Waals surface area contributed by atoms with Gasteiger partial charge in [-0.2, -0.15) is 0 Å². The van der Waals surface area contributed by atoms with Gasteiger partial charge in [-0.25, -0.2) is 0 Å². The highest BCUT2D eigenvalue weighted by Gasteiger charge is 1.98. The molecule has 0 heterocycles. The van der Waals surface area contributed by atoms with E-state index in [0.29, 0.717) is 0 Å². The minimum Gasteiger partial charge on any atom is -0.457 e. The van der Waals surface area contributed by atoms with Gasteiger partial charge in [0.2, 0.25) is 0 Å². The van der Waals surface area contributed by atoms with Crippen LogP contribution in [0, 0.1) is 0 Å². The van der Waals surface area contributed by atoms with Gasteiger partial charge in [-0.05, 0) is 43.3 Å². The summed E-state index contributed by atoms with van der Waals surface area (Å²) < 4.78 is 5.84. The Kier molecular flexibility index (Phi) is 5.39. The summed E-state index contributed by atoms with van der Waals surface area (Å²) in [5.41, 5.74) is 2.47. The van der Waals surface area contributed by atoms with E-state index >= 15 is 0 Å². The highest BCUT2D eigenvalue weighted by atomic mass is 16.5. The van der Waals surface area contributed by atoms with Crippen molar-refractivity contribution >= 4 is 6.08 Å². The number of hydrogen-bond donors (Lipinski definition) is 1. The van der Waals surface area contributed by atoms with Crippen LogP contribution in [0.4, 0.5) is 0 Å². The van der Waals surface area contributed by atoms with Gasteiger partial charge in [0.1, 0.15) is 11.5 Å². The Labute approximate surface area is 121 Å². The molecule has 1 N–H and O–H groups in total. The second-order valence-corrected chi connectivity index (χ2v) is 4.76. The highest BCUT2D eigenvalue weighted by molar-refractivity contribution is 5.55. The Morgan fingerprint density at radius 2 is 1.80 bits per heavy atom. The van der Waals surface area contributed by atoms with Crippen molar-refractivity contribution in [1.82, 2.24) is 5.32 Å². The number of hydrogen-bond acceptors (Lipinski definition) is 2. The van der Waals surface area contributed by atoms with E-state index in [0.717, 1.165) is 30.2 Å². The fourth-order valence-electron chi connectivity index (χ4n) is 1.95. The molecule has 2 nitrogen and oxygen atoms in total. The highest BCUT2D eigenvalue weighted by Crippen LogP contribution is 2.22. The van der Waals surface area contributed by atoms with Crippen LogP contribution in [0.1, 0.15) is 19.4 Å². The summed E-state index contributed by atoms with van der Waals surface area (Å²) >= 11 is 0. The van der Waals surface area contributed by atoms with Crippen LogP contribution in [0.5, 0.6) is 11.5 Å². The Bertz CT molecular complexity index is 561. The predicted octanol–water partition coefficient (Wildman–Crippen LogP) is 4.49. The number of para-hydroxylation sites is 1. The quantitative estimate of drug-likeness (QED) is 0.832. The second-order valence-electron chi connectivity index (χ2n) is 4.76. The predicted molar refractivity (Wildman–Crippen MR) is 85.2 cm³/mol. The van der Waals surface area contributed by atoms with Crippen molar-refractivity contribution in [3.8, 4) is 11.5 Å². The molecule has 2 aromatic carbocycles. The molecule has 0 aliphatic carbocycles. The first kappa shape index (κ1) is 14.4. The van der Waals surface area contributed by atoms with Crippen LogP contribution >= 0.6 is 0 Å². The van der Waals surface area contributed by atoms with Gasteiger partial charge in [-0.1, -0.05) is 48.9 Å². The van der Waals surface area contributed by atoms with E-state index in [-0.39, 0.29) is 0 Å². The van der Waals surface area contributed by atoms with Crippen LogP contribution in [0.2, 0.25) is 0 Å². The summed E-state index contributed by atoms with van der Waals surface area (Å²) in [6.07, 6.45) is 2.18. The number of rotatable bonds is 6. The van der Waals surface area contributed by atoms with Crippen LogP contribution in [0.3, 0.4) is 0 Å². The molecule has 2 rings (SSSR count). The van der Waals surface area contributed by atoms with Crippen molar-refractivity contribution in [2.75, 3.05) is 13.1 Å². The molecule has 0 aromatic heterocycles. The van der Waals surface area contributed by atoms with Crippen LogP contribution < -0.4 is 10.1 Å². The molecule has 0 saturated carbocycles. The van der Waals surface area contributed by atoms with Crippen LogP contribution in [0.15, 0.2) is 60.2 Å². The van der Waals surface area contributed by atoms with E-state index in [1.165, 1.54) is 5.57 Å². The Balaban J connectivity index is 2.08. The minimum atomic E-state index is 0.859. The smallest absolute Gasteiger partial charge is 0.128 e. The lowest BCUT2D eigenvalue weighted by Gasteiger charge is -2.07. The molecule has 20 heavy (non-hydrogen) atoms. The minimum absolute atomic E-state index is 0.859. The number of likely N-dealkylation sites (N-methyl/N-ethyl adjacent to an activating group) is 1. The molecule has 0 aliphatic rings. The molecule has 0 saturated heterocycles. The lowest BCUT2D eigenvalue weighted by Crippen LogP contribution is -2.14. The first-order valence-corrected chi connectivity index (χ1v) is 6.99. The van der Waals surface area contributed by atoms with E-state index in [9.17, 15) is 0 Å². The summed E-state index contributed by atoms with van der Waals surface area (Å²) in [6.45, 7) is 6.15. The normalized spacial score (nSPS) is 11.4. The fourth-order valence-corrected chi connectivity index (χ4v) is 1.95. The zero-order chi connectivity index (χ0) is 14.2. The maximum Gasteiger partial charge on any atom is 0.128 e. The van der Waals surface area contributed by atoms with Gasteiger partial charge in [0.05, 0.1) is 0 Å². The molecule has 2 aromatic rings. The number of benzene rings is 2. The lowest BCUT2D eigenvalue weighted by molar-refractivity contribution is 0.482. The number of nitrogens with one attached hydrogen (secondary N) is 1. The Morgan fingerprint density at radius 1 is 1.05 bits per heavy atom. The molecule has 0 radical (unpaired) electrons. The van der Waals surface area contributed by atoms with Crippen molar-refractivity contribution in [2.24, 2.45) is 0 Å². The maximum absolute atomic E-state index is 5.84. The molecule has 0 aliphatic heterocycles. The molecule has 0 atom stereocenters. The van der Waals surface area contributed by atoms with Gasteiger partial charge in [0, 0.05) is 6.54 Å². The average Bonchev–Trinajstić information content (AvgIpc) is 2.46. The average molecular weight is 267 g/mol. The molecule has 0 fully saturated rings. The molecule has 0 bridgehead atoms. The maximum atomic E-state index is 5.84. The van der Waals surface area contributed by atoms with Crippen molar-refractivity contribution in [3.63, 3.8) is 0 Å². The third-order valence-electron chi connectivity index (χ3n) is 2.90. The zero-order valence-electron chi connectivity index (χ0n) is 12.1. The summed E-state index contributed by atoms with van der Waals surface area (Å²) in [6, 6.07) is 18.0. The number of ether oxygens (including phenoxy) is 1. The van der Waals surface area contributed by atoms with Gasteiger partial charge in [-0.3, -0.25) is 0 Å². The van der Waals surface area contributed by atoms with Crippen LogP contribution in [-0.2, 0) is 0 Å². The van der Waals surface area contributed by atoms with E-state index < -0.39 is 0 Å². The Morgan fingerprint density at radius 3 is 2.55 bits per heavy atom. The van der Waals surface area contributed by atoms with Crippen molar-refractivity contribution in [1.29, 1.82) is 0 Å². The zero-order valence-corrected chi connectivity index (χ0v) is 12.1. The molecular formula is C18H21NO. The topological polar surface area (TPSA) is 21.3 Å². The first-order valence-electron chi connectivity index (χ1n) is 6.99. The third-order valence-corrected chi connectivity index (χ3v) is 2.90. The van der Waals surface area contributed by atoms with Gasteiger partial charge in [0.15, 0.2) is 0 Å². The lowest BCUT2D eigenvalue weighted by atomic mass is 10.1. The summed E-state index contributed by atoms with van der Waals surface area (Å²) in [5.74, 6) is 1.72. The van der Waals surface area contributed by atoms with E-state index in [4.69, 9.17) is 4.74 Å². The summed E-state index contributed by atoms with van der Waals surface area (Å²) in [7, 11) is 0. The van der Waals surface area contributed by atoms with Crippen molar-refractivity contribution < 1.29 is 4.74 Å². The molecule has 0 spiro atoms. The van der Waals surface area contributed by atoms with E-state index in [1.54, 1.807) is 0 Å². The summed E-state index contributed by atoms with van der Waals surface area (Å²) in [4.78, 5) is 0. The molecule has 104 valence electrons. The van der Waals surface area contributed by atoms with Gasteiger partial charge in [0.25, 0.3) is 0 Å². The monoisotopic (exact) mass is 267 g/mol. The van der Waals surface area contributed by atoms with Crippen LogP contribution in [0.25, 0.3) is 6.08 Å². The SMILES string of the molecule is CCNCC(C)=Cc1cccc(Oc2ccccc2)c1. The molecule has 0 unspecified atom stereocenters. The van der Waals surface area contributed by atoms with E-state index in [1.807, 2.05) is 42.5 Å². The summed E-state index contributed by atoms with van der Waals surface area (Å²) in [5, 5.41) is 3.32. The second kappa shape index (κ2) is 7.51.